The van der Waals surface area contributed by atoms with Gasteiger partial charge >= 0.3 is 17.9 Å². The lowest BCUT2D eigenvalue weighted by atomic mass is 10.1. The second-order valence-corrected chi connectivity index (χ2v) is 8.10. The summed E-state index contributed by atoms with van der Waals surface area (Å²) in [6.07, 6.45) is 0. The van der Waals surface area contributed by atoms with E-state index in [0.29, 0.717) is 34.1 Å². The van der Waals surface area contributed by atoms with Crippen LogP contribution in [-0.4, -0.2) is 17.9 Å². The van der Waals surface area contributed by atoms with Crippen molar-refractivity contribution in [2.75, 3.05) is 0 Å². The highest BCUT2D eigenvalue weighted by atomic mass is 16.6. The fourth-order valence-electron chi connectivity index (χ4n) is 4.15. The molecule has 0 amide bonds. The lowest BCUT2D eigenvalue weighted by Crippen LogP contribution is -1.98. The Hall–Kier alpha value is -5.17. The fraction of sp³-hybridized carbons (Fsp3) is 0. The van der Waals surface area contributed by atoms with Gasteiger partial charge < -0.3 is 18.9 Å². The topological polar surface area (TPSA) is 88.1 Å². The van der Waals surface area contributed by atoms with Gasteiger partial charge in [0, 0.05) is 5.56 Å². The van der Waals surface area contributed by atoms with Gasteiger partial charge in [0.1, 0.15) is 39.9 Å². The number of cyclic esters (lactones) is 3. The molecule has 2 aliphatic heterocycles. The van der Waals surface area contributed by atoms with Gasteiger partial charge in [-0.3, -0.25) is 0 Å². The maximum absolute atomic E-state index is 12.1. The van der Waals surface area contributed by atoms with E-state index in [-0.39, 0.29) is 16.9 Å². The van der Waals surface area contributed by atoms with Crippen LogP contribution in [0.15, 0.2) is 91.5 Å². The molecule has 0 bridgehead atoms. The van der Waals surface area contributed by atoms with Crippen molar-refractivity contribution in [2.24, 2.45) is 0 Å². The molecule has 7 heteroatoms. The van der Waals surface area contributed by atoms with Crippen LogP contribution in [0.3, 0.4) is 0 Å². The molecule has 0 N–H and O–H groups in total. The van der Waals surface area contributed by atoms with Crippen LogP contribution in [0, 0.1) is 0 Å². The van der Waals surface area contributed by atoms with E-state index in [4.69, 9.17) is 14.2 Å². The molecule has 0 fully saturated rings. The summed E-state index contributed by atoms with van der Waals surface area (Å²) in [6, 6.07) is 24.8. The minimum atomic E-state index is -0.716. The summed E-state index contributed by atoms with van der Waals surface area (Å²) in [5.41, 5.74) is 3.18. The number of carbonyl (C=O) groups is 3. The molecule has 4 aromatic rings. The Morgan fingerprint density at radius 1 is 0.528 bits per heavy atom. The Morgan fingerprint density at radius 2 is 1.00 bits per heavy atom. The zero-order chi connectivity index (χ0) is 24.8. The predicted octanol–water partition coefficient (Wildman–Crippen LogP) is 6.39. The van der Waals surface area contributed by atoms with E-state index in [2.05, 4.69) is 11.3 Å². The van der Waals surface area contributed by atoms with Gasteiger partial charge in [0.25, 0.3) is 0 Å². The van der Waals surface area contributed by atoms with Crippen molar-refractivity contribution in [1.29, 1.82) is 0 Å². The van der Waals surface area contributed by atoms with Crippen molar-refractivity contribution in [3.8, 4) is 34.1 Å². The van der Waals surface area contributed by atoms with Gasteiger partial charge in [0.2, 0.25) is 0 Å². The zero-order valence-electron chi connectivity index (χ0n) is 18.6. The van der Waals surface area contributed by atoms with E-state index in [1.807, 2.05) is 36.4 Å². The number of benzene rings is 4. The smallest absolute Gasteiger partial charge is 0.350 e. The van der Waals surface area contributed by atoms with E-state index in [1.165, 1.54) is 6.07 Å². The summed E-state index contributed by atoms with van der Waals surface area (Å²) in [4.78, 5) is 35.9. The number of hydrogen-bond acceptors (Lipinski definition) is 7. The standard InChI is InChI=1S/C29H16O7/c1-16-21-4-2-6-23(25(21)28(31)33-16)34-19-12-8-17(9-13-19)18-10-14-20(15-11-18)35-24-7-3-5-22-26(24)29(32)36-27(22)30/h2-15H,1H2. The minimum absolute atomic E-state index is 0.129. The first kappa shape index (κ1) is 21.4. The van der Waals surface area contributed by atoms with Crippen molar-refractivity contribution >= 4 is 23.7 Å². The SMILES string of the molecule is C=C1OC(=O)c2c(Oc3ccc(-c4ccc(Oc5cccc6c5C(=O)OC6=O)cc4)cc3)cccc21. The molecule has 7 nitrogen and oxygen atoms in total. The van der Waals surface area contributed by atoms with Crippen molar-refractivity contribution in [2.45, 2.75) is 0 Å². The molecule has 0 saturated heterocycles. The number of rotatable bonds is 5. The summed E-state index contributed by atoms with van der Waals surface area (Å²) < 4.78 is 21.6. The third kappa shape index (κ3) is 3.59. The maximum Gasteiger partial charge on any atom is 0.350 e. The Morgan fingerprint density at radius 3 is 1.56 bits per heavy atom. The molecule has 0 unspecified atom stereocenters. The van der Waals surface area contributed by atoms with Crippen LogP contribution in [0.1, 0.15) is 36.6 Å². The molecule has 174 valence electrons. The number of ether oxygens (including phenoxy) is 4. The average Bonchev–Trinajstić information content (AvgIpc) is 3.35. The van der Waals surface area contributed by atoms with E-state index in [9.17, 15) is 14.4 Å². The summed E-state index contributed by atoms with van der Waals surface area (Å²) in [6.45, 7) is 3.75. The van der Waals surface area contributed by atoms with E-state index >= 15 is 0 Å². The van der Waals surface area contributed by atoms with Crippen molar-refractivity contribution in [3.05, 3.63) is 114 Å². The molecule has 0 saturated carbocycles. The lowest BCUT2D eigenvalue weighted by molar-refractivity contribution is 0.0442. The summed E-state index contributed by atoms with van der Waals surface area (Å²) >= 11 is 0. The average molecular weight is 476 g/mol. The number of hydrogen-bond donors (Lipinski definition) is 0. The first-order chi connectivity index (χ1) is 17.5. The van der Waals surface area contributed by atoms with Gasteiger partial charge in [-0.2, -0.15) is 0 Å². The molecule has 4 aromatic carbocycles. The molecule has 0 spiro atoms. The van der Waals surface area contributed by atoms with Crippen LogP contribution in [-0.2, 0) is 9.47 Å². The number of carbonyl (C=O) groups excluding carboxylic acids is 3. The van der Waals surface area contributed by atoms with Gasteiger partial charge in [-0.05, 0) is 53.6 Å². The van der Waals surface area contributed by atoms with Crippen molar-refractivity contribution < 1.29 is 33.3 Å². The molecule has 36 heavy (non-hydrogen) atoms. The van der Waals surface area contributed by atoms with Crippen LogP contribution in [0.5, 0.6) is 23.0 Å². The summed E-state index contributed by atoms with van der Waals surface area (Å²) in [5, 5.41) is 0. The normalized spacial score (nSPS) is 13.7. The third-order valence-corrected chi connectivity index (χ3v) is 5.88. The largest absolute Gasteiger partial charge is 0.456 e. The van der Waals surface area contributed by atoms with Gasteiger partial charge in [-0.15, -0.1) is 0 Å². The Balaban J connectivity index is 1.19. The molecule has 6 rings (SSSR count). The molecular weight excluding hydrogens is 460 g/mol. The fourth-order valence-corrected chi connectivity index (χ4v) is 4.15. The molecule has 0 aliphatic carbocycles. The Bertz CT molecular complexity index is 1460. The van der Waals surface area contributed by atoms with Gasteiger partial charge in [-0.25, -0.2) is 14.4 Å². The Kier molecular flexibility index (Phi) is 4.90. The second-order valence-electron chi connectivity index (χ2n) is 8.10. The summed E-state index contributed by atoms with van der Waals surface area (Å²) in [5.74, 6) is 0.183. The van der Waals surface area contributed by atoms with Crippen LogP contribution < -0.4 is 9.47 Å². The van der Waals surface area contributed by atoms with E-state index in [1.54, 1.807) is 42.5 Å². The highest BCUT2D eigenvalue weighted by Crippen LogP contribution is 2.37. The molecular formula is C29H16O7. The number of esters is 3. The molecule has 0 aromatic heterocycles. The van der Waals surface area contributed by atoms with Gasteiger partial charge in [0.15, 0.2) is 0 Å². The van der Waals surface area contributed by atoms with Crippen LogP contribution >= 0.6 is 0 Å². The van der Waals surface area contributed by atoms with Crippen molar-refractivity contribution in [3.63, 3.8) is 0 Å². The molecule has 2 heterocycles. The maximum atomic E-state index is 12.1. The third-order valence-electron chi connectivity index (χ3n) is 5.88. The van der Waals surface area contributed by atoms with Crippen LogP contribution in [0.2, 0.25) is 0 Å². The van der Waals surface area contributed by atoms with Gasteiger partial charge in [-0.1, -0.05) is 49.0 Å². The lowest BCUT2D eigenvalue weighted by Gasteiger charge is -2.10. The molecule has 2 aliphatic rings. The molecule has 0 radical (unpaired) electrons. The highest BCUT2D eigenvalue weighted by molar-refractivity contribution is 6.16. The van der Waals surface area contributed by atoms with E-state index in [0.717, 1.165) is 11.1 Å². The Labute approximate surface area is 205 Å². The highest BCUT2D eigenvalue weighted by Gasteiger charge is 2.33. The second kappa shape index (κ2) is 8.25. The van der Waals surface area contributed by atoms with Crippen LogP contribution in [0.4, 0.5) is 0 Å². The van der Waals surface area contributed by atoms with E-state index < -0.39 is 17.9 Å². The first-order valence-electron chi connectivity index (χ1n) is 11.0. The quantitative estimate of drug-likeness (QED) is 0.244. The van der Waals surface area contributed by atoms with Crippen LogP contribution in [0.25, 0.3) is 16.9 Å². The van der Waals surface area contributed by atoms with Crippen molar-refractivity contribution in [1.82, 2.24) is 0 Å². The first-order valence-corrected chi connectivity index (χ1v) is 11.0. The predicted molar refractivity (Wildman–Crippen MR) is 129 cm³/mol. The van der Waals surface area contributed by atoms with Gasteiger partial charge in [0.05, 0.1) is 5.56 Å². The number of fused-ring (bicyclic) bond motifs is 2. The monoisotopic (exact) mass is 476 g/mol. The minimum Gasteiger partial charge on any atom is -0.456 e. The summed E-state index contributed by atoms with van der Waals surface area (Å²) in [7, 11) is 0. The zero-order valence-corrected chi connectivity index (χ0v) is 18.6. The molecule has 0 atom stereocenters.